The predicted octanol–water partition coefficient (Wildman–Crippen LogP) is 1.11. The van der Waals surface area contributed by atoms with Crippen molar-refractivity contribution in [3.05, 3.63) is 17.5 Å². The SMILES string of the molecule is CC(C)n1cc2c(n1)CC(NC(=NCC(=O)N(C)C)NC1CC1)CC2. The van der Waals surface area contributed by atoms with Crippen LogP contribution in [0.4, 0.5) is 0 Å². The molecule has 1 heterocycles. The van der Waals surface area contributed by atoms with Crippen molar-refractivity contribution in [2.75, 3.05) is 20.6 Å². The van der Waals surface area contributed by atoms with Crippen LogP contribution in [0.3, 0.4) is 0 Å². The first-order valence-corrected chi connectivity index (χ1v) is 9.27. The fraction of sp³-hybridized carbons (Fsp3) is 0.722. The Labute approximate surface area is 149 Å². The standard InChI is InChI=1S/C18H30N6O/c1-12(2)24-11-13-5-6-15(9-16(13)22-24)21-18(20-14-7-8-14)19-10-17(25)23(3)4/h11-12,14-15H,5-10H2,1-4H3,(H2,19,20,21). The number of guanidine groups is 1. The summed E-state index contributed by atoms with van der Waals surface area (Å²) in [5.41, 5.74) is 2.55. The van der Waals surface area contributed by atoms with Crippen molar-refractivity contribution in [1.29, 1.82) is 0 Å². The van der Waals surface area contributed by atoms with Gasteiger partial charge in [-0.1, -0.05) is 0 Å². The molecule has 0 bridgehead atoms. The molecule has 0 aliphatic heterocycles. The lowest BCUT2D eigenvalue weighted by molar-refractivity contribution is -0.127. The van der Waals surface area contributed by atoms with Crippen LogP contribution in [0.25, 0.3) is 0 Å². The van der Waals surface area contributed by atoms with Crippen LogP contribution in [0.1, 0.15) is 50.4 Å². The van der Waals surface area contributed by atoms with Crippen molar-refractivity contribution in [2.24, 2.45) is 4.99 Å². The van der Waals surface area contributed by atoms with Crippen LogP contribution in [0.5, 0.6) is 0 Å². The molecule has 138 valence electrons. The molecule has 0 radical (unpaired) electrons. The van der Waals surface area contributed by atoms with Gasteiger partial charge in [0.15, 0.2) is 5.96 Å². The van der Waals surface area contributed by atoms with Crippen molar-refractivity contribution in [3.63, 3.8) is 0 Å². The minimum Gasteiger partial charge on any atom is -0.354 e. The van der Waals surface area contributed by atoms with Gasteiger partial charge in [-0.15, -0.1) is 0 Å². The second-order valence-electron chi connectivity index (χ2n) is 7.63. The molecule has 25 heavy (non-hydrogen) atoms. The maximum atomic E-state index is 11.8. The Hall–Kier alpha value is -2.05. The molecule has 1 amide bonds. The summed E-state index contributed by atoms with van der Waals surface area (Å²) >= 11 is 0. The minimum absolute atomic E-state index is 0.0125. The fourth-order valence-corrected chi connectivity index (χ4v) is 2.94. The van der Waals surface area contributed by atoms with Crippen LogP contribution < -0.4 is 10.6 Å². The second-order valence-corrected chi connectivity index (χ2v) is 7.63. The molecule has 1 aromatic heterocycles. The number of carbonyl (C=O) groups is 1. The molecule has 7 nitrogen and oxygen atoms in total. The molecule has 2 aliphatic carbocycles. The van der Waals surface area contributed by atoms with Gasteiger partial charge < -0.3 is 15.5 Å². The molecule has 2 aliphatic rings. The van der Waals surface area contributed by atoms with Gasteiger partial charge in [0, 0.05) is 44.8 Å². The molecule has 1 atom stereocenters. The first-order chi connectivity index (χ1) is 11.9. The Kier molecular flexibility index (Phi) is 5.30. The lowest BCUT2D eigenvalue weighted by Crippen LogP contribution is -2.46. The topological polar surface area (TPSA) is 74.5 Å². The third-order valence-corrected chi connectivity index (χ3v) is 4.76. The zero-order valence-corrected chi connectivity index (χ0v) is 15.7. The van der Waals surface area contributed by atoms with Gasteiger partial charge in [-0.05, 0) is 45.1 Å². The van der Waals surface area contributed by atoms with Crippen molar-refractivity contribution in [1.82, 2.24) is 25.3 Å². The van der Waals surface area contributed by atoms with E-state index in [9.17, 15) is 4.79 Å². The van der Waals surface area contributed by atoms with E-state index in [1.54, 1.807) is 19.0 Å². The molecule has 1 unspecified atom stereocenters. The van der Waals surface area contributed by atoms with Gasteiger partial charge in [0.1, 0.15) is 6.54 Å². The molecule has 7 heteroatoms. The van der Waals surface area contributed by atoms with Crippen molar-refractivity contribution >= 4 is 11.9 Å². The van der Waals surface area contributed by atoms with Crippen LogP contribution in [0.2, 0.25) is 0 Å². The summed E-state index contributed by atoms with van der Waals surface area (Å²) in [5.74, 6) is 0.771. The Balaban J connectivity index is 1.63. The summed E-state index contributed by atoms with van der Waals surface area (Å²) in [6, 6.07) is 1.20. The number of hydrogen-bond donors (Lipinski definition) is 2. The number of aliphatic imine (C=N–C) groups is 1. The van der Waals surface area contributed by atoms with Crippen LogP contribution in [-0.2, 0) is 17.6 Å². The normalized spacial score (nSPS) is 20.4. The molecule has 1 aromatic rings. The molecule has 0 spiro atoms. The summed E-state index contributed by atoms with van der Waals surface area (Å²) in [6.45, 7) is 4.48. The molecule has 0 saturated heterocycles. The molecule has 1 saturated carbocycles. The maximum absolute atomic E-state index is 11.8. The van der Waals surface area contributed by atoms with E-state index in [0.717, 1.165) is 25.2 Å². The van der Waals surface area contributed by atoms with E-state index in [1.165, 1.54) is 24.1 Å². The molecule has 2 N–H and O–H groups in total. The monoisotopic (exact) mass is 346 g/mol. The zero-order valence-electron chi connectivity index (χ0n) is 15.7. The quantitative estimate of drug-likeness (QED) is 0.619. The first kappa shape index (κ1) is 17.8. The number of amides is 1. The smallest absolute Gasteiger partial charge is 0.243 e. The molecular weight excluding hydrogens is 316 g/mol. The summed E-state index contributed by atoms with van der Waals surface area (Å²) in [4.78, 5) is 17.9. The Bertz CT molecular complexity index is 644. The number of rotatable bonds is 5. The summed E-state index contributed by atoms with van der Waals surface area (Å²) < 4.78 is 2.06. The van der Waals surface area contributed by atoms with E-state index in [0.29, 0.717) is 18.1 Å². The van der Waals surface area contributed by atoms with Crippen LogP contribution >= 0.6 is 0 Å². The Morgan fingerprint density at radius 3 is 2.68 bits per heavy atom. The third-order valence-electron chi connectivity index (χ3n) is 4.76. The zero-order chi connectivity index (χ0) is 18.0. The van der Waals surface area contributed by atoms with Gasteiger partial charge in [-0.25, -0.2) is 4.99 Å². The summed E-state index contributed by atoms with van der Waals surface area (Å²) in [6.07, 6.45) is 7.54. The highest BCUT2D eigenvalue weighted by molar-refractivity contribution is 5.85. The molecule has 0 aromatic carbocycles. The fourth-order valence-electron chi connectivity index (χ4n) is 2.94. The highest BCUT2D eigenvalue weighted by atomic mass is 16.2. The largest absolute Gasteiger partial charge is 0.354 e. The number of fused-ring (bicyclic) bond motifs is 1. The third kappa shape index (κ3) is 4.74. The second kappa shape index (κ2) is 7.45. The number of hydrogen-bond acceptors (Lipinski definition) is 3. The average Bonchev–Trinajstić information content (AvgIpc) is 3.27. The predicted molar refractivity (Wildman–Crippen MR) is 98.7 cm³/mol. The van der Waals surface area contributed by atoms with E-state index < -0.39 is 0 Å². The van der Waals surface area contributed by atoms with Gasteiger partial charge in [0.05, 0.1) is 5.69 Å². The molecular formula is C18H30N6O. The summed E-state index contributed by atoms with van der Waals surface area (Å²) in [7, 11) is 3.51. The van der Waals surface area contributed by atoms with Gasteiger partial charge in [0.2, 0.25) is 5.91 Å². The van der Waals surface area contributed by atoms with Gasteiger partial charge in [0.25, 0.3) is 0 Å². The van der Waals surface area contributed by atoms with E-state index in [4.69, 9.17) is 5.10 Å². The Morgan fingerprint density at radius 2 is 2.04 bits per heavy atom. The van der Waals surface area contributed by atoms with Gasteiger partial charge in [-0.2, -0.15) is 5.10 Å². The highest BCUT2D eigenvalue weighted by Crippen LogP contribution is 2.22. The number of likely N-dealkylation sites (N-methyl/N-ethyl adjacent to an activating group) is 1. The molecule has 1 fully saturated rings. The van der Waals surface area contributed by atoms with Crippen molar-refractivity contribution in [3.8, 4) is 0 Å². The average molecular weight is 346 g/mol. The van der Waals surface area contributed by atoms with E-state index >= 15 is 0 Å². The van der Waals surface area contributed by atoms with Gasteiger partial charge >= 0.3 is 0 Å². The lowest BCUT2D eigenvalue weighted by Gasteiger charge is -2.24. The minimum atomic E-state index is 0.0125. The maximum Gasteiger partial charge on any atom is 0.243 e. The van der Waals surface area contributed by atoms with Gasteiger partial charge in [-0.3, -0.25) is 9.48 Å². The van der Waals surface area contributed by atoms with Crippen LogP contribution in [-0.4, -0.2) is 59.3 Å². The highest BCUT2D eigenvalue weighted by Gasteiger charge is 2.26. The van der Waals surface area contributed by atoms with Crippen LogP contribution in [0.15, 0.2) is 11.2 Å². The van der Waals surface area contributed by atoms with Crippen molar-refractivity contribution < 1.29 is 4.79 Å². The van der Waals surface area contributed by atoms with E-state index in [-0.39, 0.29) is 12.5 Å². The summed E-state index contributed by atoms with van der Waals surface area (Å²) in [5, 5.41) is 11.7. The van der Waals surface area contributed by atoms with Crippen molar-refractivity contribution in [2.45, 2.75) is 64.1 Å². The lowest BCUT2D eigenvalue weighted by atomic mass is 9.94. The first-order valence-electron chi connectivity index (χ1n) is 9.27. The number of carbonyl (C=O) groups excluding carboxylic acids is 1. The number of nitrogens with one attached hydrogen (secondary N) is 2. The molecule has 3 rings (SSSR count). The van der Waals surface area contributed by atoms with E-state index in [2.05, 4.69) is 40.4 Å². The number of aromatic nitrogens is 2. The van der Waals surface area contributed by atoms with Crippen LogP contribution in [0, 0.1) is 0 Å². The Morgan fingerprint density at radius 1 is 1.32 bits per heavy atom. The number of aryl methyl sites for hydroxylation is 1. The number of nitrogens with zero attached hydrogens (tertiary/aromatic N) is 4. The van der Waals surface area contributed by atoms with E-state index in [1.807, 2.05) is 0 Å².